The molecule has 0 bridgehead atoms. The van der Waals surface area contributed by atoms with Gasteiger partial charge in [0.15, 0.2) is 5.13 Å². The summed E-state index contributed by atoms with van der Waals surface area (Å²) in [6.07, 6.45) is 0. The lowest BCUT2D eigenvalue weighted by Gasteiger charge is -2.34. The van der Waals surface area contributed by atoms with Gasteiger partial charge in [-0.2, -0.15) is 0 Å². The first kappa shape index (κ1) is 23.0. The number of halogens is 2. The normalized spacial score (nSPS) is 15.2. The van der Waals surface area contributed by atoms with Crippen LogP contribution in [-0.4, -0.2) is 78.3 Å². The summed E-state index contributed by atoms with van der Waals surface area (Å²) in [4.78, 5) is 35.3. The number of amides is 2. The van der Waals surface area contributed by atoms with Gasteiger partial charge in [-0.25, -0.2) is 4.98 Å². The third-order valence-electron chi connectivity index (χ3n) is 4.92. The minimum atomic E-state index is -0.129. The van der Waals surface area contributed by atoms with Crippen LogP contribution in [0.25, 0.3) is 0 Å². The Morgan fingerprint density at radius 2 is 1.73 bits per heavy atom. The monoisotopic (exact) mass is 469 g/mol. The van der Waals surface area contributed by atoms with Crippen molar-refractivity contribution in [1.29, 1.82) is 0 Å². The van der Waals surface area contributed by atoms with Crippen LogP contribution in [0.5, 0.6) is 0 Å². The molecule has 0 radical (unpaired) electrons. The highest BCUT2D eigenvalue weighted by Crippen LogP contribution is 2.26. The van der Waals surface area contributed by atoms with E-state index in [1.54, 1.807) is 21.0 Å². The molecule has 1 fully saturated rings. The van der Waals surface area contributed by atoms with Crippen LogP contribution in [-0.2, 0) is 11.3 Å². The van der Waals surface area contributed by atoms with Crippen LogP contribution in [0.2, 0.25) is 10.0 Å². The maximum atomic E-state index is 12.4. The van der Waals surface area contributed by atoms with Crippen molar-refractivity contribution in [2.75, 3.05) is 52.1 Å². The number of aryl methyl sites for hydroxylation is 1. The summed E-state index contributed by atoms with van der Waals surface area (Å²) in [6.45, 7) is 5.95. The zero-order chi connectivity index (χ0) is 21.8. The fraction of sp³-hybridized carbons (Fsp3) is 0.450. The Labute approximate surface area is 190 Å². The van der Waals surface area contributed by atoms with Gasteiger partial charge in [0.25, 0.3) is 5.91 Å². The third kappa shape index (κ3) is 5.70. The molecule has 0 aliphatic carbocycles. The second kappa shape index (κ2) is 10.1. The Bertz CT molecular complexity index is 906. The SMILES string of the molecule is Cc1nc(NC(=O)CN2CCN(Cc3c(Cl)cccc3Cl)CC2)sc1C(=O)N(C)C. The van der Waals surface area contributed by atoms with Gasteiger partial charge in [0, 0.05) is 62.4 Å². The first-order valence-electron chi connectivity index (χ1n) is 9.61. The first-order valence-corrected chi connectivity index (χ1v) is 11.2. The summed E-state index contributed by atoms with van der Waals surface area (Å²) < 4.78 is 0. The van der Waals surface area contributed by atoms with Gasteiger partial charge in [-0.15, -0.1) is 0 Å². The van der Waals surface area contributed by atoms with Gasteiger partial charge in [-0.3, -0.25) is 19.4 Å². The Morgan fingerprint density at radius 1 is 1.13 bits per heavy atom. The van der Waals surface area contributed by atoms with Crippen molar-refractivity contribution in [3.63, 3.8) is 0 Å². The van der Waals surface area contributed by atoms with Crippen molar-refractivity contribution < 1.29 is 9.59 Å². The molecule has 0 unspecified atom stereocenters. The van der Waals surface area contributed by atoms with Crippen molar-refractivity contribution in [2.24, 2.45) is 0 Å². The number of rotatable bonds is 6. The maximum absolute atomic E-state index is 12.4. The summed E-state index contributed by atoms with van der Waals surface area (Å²) in [5.41, 5.74) is 1.56. The van der Waals surface area contributed by atoms with Crippen LogP contribution in [0.3, 0.4) is 0 Å². The highest BCUT2D eigenvalue weighted by molar-refractivity contribution is 7.17. The lowest BCUT2D eigenvalue weighted by atomic mass is 10.2. The van der Waals surface area contributed by atoms with Crippen LogP contribution in [0.1, 0.15) is 20.9 Å². The van der Waals surface area contributed by atoms with Gasteiger partial charge in [-0.1, -0.05) is 40.6 Å². The Morgan fingerprint density at radius 3 is 2.33 bits per heavy atom. The molecule has 0 atom stereocenters. The second-order valence-electron chi connectivity index (χ2n) is 7.43. The van der Waals surface area contributed by atoms with Crippen LogP contribution in [0, 0.1) is 6.92 Å². The van der Waals surface area contributed by atoms with Crippen molar-refractivity contribution in [1.82, 2.24) is 19.7 Å². The smallest absolute Gasteiger partial charge is 0.265 e. The average Bonchev–Trinajstić information content (AvgIpc) is 3.05. The molecule has 7 nitrogen and oxygen atoms in total. The van der Waals surface area contributed by atoms with E-state index in [-0.39, 0.29) is 18.4 Å². The molecule has 0 spiro atoms. The molecule has 1 aromatic carbocycles. The van der Waals surface area contributed by atoms with Crippen molar-refractivity contribution in [3.05, 3.63) is 44.4 Å². The summed E-state index contributed by atoms with van der Waals surface area (Å²) in [5.74, 6) is -0.240. The van der Waals surface area contributed by atoms with E-state index in [1.165, 1.54) is 16.2 Å². The summed E-state index contributed by atoms with van der Waals surface area (Å²) in [5, 5.41) is 4.62. The van der Waals surface area contributed by atoms with Crippen LogP contribution < -0.4 is 5.32 Å². The Kier molecular flexibility index (Phi) is 7.70. The first-order chi connectivity index (χ1) is 14.2. The van der Waals surface area contributed by atoms with E-state index < -0.39 is 0 Å². The van der Waals surface area contributed by atoms with E-state index in [9.17, 15) is 9.59 Å². The minimum Gasteiger partial charge on any atom is -0.344 e. The third-order valence-corrected chi connectivity index (χ3v) is 6.69. The van der Waals surface area contributed by atoms with Crippen LogP contribution in [0.4, 0.5) is 5.13 Å². The number of nitrogens with zero attached hydrogens (tertiary/aromatic N) is 4. The largest absolute Gasteiger partial charge is 0.344 e. The number of piperazine rings is 1. The van der Waals surface area contributed by atoms with Crippen molar-refractivity contribution in [2.45, 2.75) is 13.5 Å². The van der Waals surface area contributed by atoms with Gasteiger partial charge in [0.1, 0.15) is 4.88 Å². The van der Waals surface area contributed by atoms with Gasteiger partial charge in [-0.05, 0) is 19.1 Å². The highest BCUT2D eigenvalue weighted by Gasteiger charge is 2.22. The molecule has 0 saturated carbocycles. The van der Waals surface area contributed by atoms with Gasteiger partial charge in [0.2, 0.25) is 5.91 Å². The number of anilines is 1. The number of nitrogens with one attached hydrogen (secondary N) is 1. The molecular formula is C20H25Cl2N5O2S. The van der Waals surface area contributed by atoms with E-state index in [0.29, 0.717) is 32.3 Å². The van der Waals surface area contributed by atoms with Crippen LogP contribution >= 0.6 is 34.5 Å². The molecule has 1 aliphatic heterocycles. The van der Waals surface area contributed by atoms with Crippen molar-refractivity contribution in [3.8, 4) is 0 Å². The van der Waals surface area contributed by atoms with Crippen molar-refractivity contribution >= 4 is 51.5 Å². The Hall–Kier alpha value is -1.71. The standard InChI is InChI=1S/C20H25Cl2N5O2S/c1-13-18(19(29)25(2)3)30-20(23-13)24-17(28)12-27-9-7-26(8-10-27)11-14-15(21)5-4-6-16(14)22/h4-6H,7-12H2,1-3H3,(H,23,24,28). The van der Waals surface area contributed by atoms with E-state index in [1.807, 2.05) is 18.2 Å². The van der Waals surface area contributed by atoms with Crippen LogP contribution in [0.15, 0.2) is 18.2 Å². The average molecular weight is 470 g/mol. The molecule has 1 N–H and O–H groups in total. The minimum absolute atomic E-state index is 0.111. The predicted molar refractivity (Wildman–Crippen MR) is 122 cm³/mol. The molecule has 1 aliphatic rings. The van der Waals surface area contributed by atoms with E-state index in [2.05, 4.69) is 20.1 Å². The number of hydrogen-bond acceptors (Lipinski definition) is 6. The lowest BCUT2D eigenvalue weighted by molar-refractivity contribution is -0.117. The predicted octanol–water partition coefficient (Wildman–Crippen LogP) is 3.22. The topological polar surface area (TPSA) is 68.8 Å². The summed E-state index contributed by atoms with van der Waals surface area (Å²) in [6, 6.07) is 5.54. The molecular weight excluding hydrogens is 445 g/mol. The van der Waals surface area contributed by atoms with E-state index in [4.69, 9.17) is 23.2 Å². The molecule has 3 rings (SSSR count). The zero-order valence-corrected chi connectivity index (χ0v) is 19.6. The molecule has 2 heterocycles. The molecule has 1 aromatic heterocycles. The molecule has 2 amide bonds. The quantitative estimate of drug-likeness (QED) is 0.703. The van der Waals surface area contributed by atoms with E-state index >= 15 is 0 Å². The number of hydrogen-bond donors (Lipinski definition) is 1. The number of carbonyl (C=O) groups is 2. The fourth-order valence-corrected chi connectivity index (χ4v) is 4.75. The van der Waals surface area contributed by atoms with Gasteiger partial charge in [0.05, 0.1) is 12.2 Å². The summed E-state index contributed by atoms with van der Waals surface area (Å²) >= 11 is 13.7. The number of carbonyl (C=O) groups excluding carboxylic acids is 2. The fourth-order valence-electron chi connectivity index (χ4n) is 3.23. The maximum Gasteiger partial charge on any atom is 0.265 e. The molecule has 30 heavy (non-hydrogen) atoms. The number of thiazole rings is 1. The van der Waals surface area contributed by atoms with E-state index in [0.717, 1.165) is 31.7 Å². The summed E-state index contributed by atoms with van der Waals surface area (Å²) in [7, 11) is 3.39. The zero-order valence-electron chi connectivity index (χ0n) is 17.2. The van der Waals surface area contributed by atoms with Gasteiger partial charge >= 0.3 is 0 Å². The van der Waals surface area contributed by atoms with Gasteiger partial charge < -0.3 is 10.2 Å². The number of benzene rings is 1. The lowest BCUT2D eigenvalue weighted by Crippen LogP contribution is -2.48. The molecule has 162 valence electrons. The molecule has 1 saturated heterocycles. The second-order valence-corrected chi connectivity index (χ2v) is 9.25. The molecule has 2 aromatic rings. The highest BCUT2D eigenvalue weighted by atomic mass is 35.5. The number of aromatic nitrogens is 1. The Balaban J connectivity index is 1.49. The molecule has 10 heteroatoms.